The van der Waals surface area contributed by atoms with E-state index >= 15 is 0 Å². The molecule has 0 radical (unpaired) electrons. The SMILES string of the molecule is c1ccc(-n2c(-c3ccc(N(c4cccnc4)c4cccc5ccccc45)cc3)ccc2-c2ccc(N(c3cccnc3)c3cccc4ccccc34)cc2)cc1. The Labute approximate surface area is 332 Å². The molecular formula is C52H37N5. The molecule has 0 saturated carbocycles. The average molecular weight is 732 g/mol. The van der Waals surface area contributed by atoms with Gasteiger partial charge in [0.2, 0.25) is 0 Å². The average Bonchev–Trinajstić information content (AvgIpc) is 3.74. The highest BCUT2D eigenvalue weighted by Gasteiger charge is 2.19. The van der Waals surface area contributed by atoms with Crippen LogP contribution in [0.2, 0.25) is 0 Å². The maximum Gasteiger partial charge on any atom is 0.0645 e. The molecule has 7 aromatic carbocycles. The standard InChI is InChI=1S/C52H37N5/c1-2-16-42(17-3-1)57-49(40-24-28-43(29-25-40)55(45-18-10-34-53-36-45)51-22-8-14-38-12-4-6-20-47(38)51)32-33-50(57)41-26-30-44(31-27-41)56(46-19-11-35-54-37-46)52-23-9-15-39-13-5-7-21-48(39)52/h1-37H. The van der Waals surface area contributed by atoms with Gasteiger partial charge in [0.1, 0.15) is 0 Å². The molecule has 0 spiro atoms. The number of hydrogen-bond donors (Lipinski definition) is 0. The van der Waals surface area contributed by atoms with E-state index in [1.807, 2.05) is 36.9 Å². The summed E-state index contributed by atoms with van der Waals surface area (Å²) in [4.78, 5) is 13.5. The Morgan fingerprint density at radius 1 is 0.333 bits per heavy atom. The van der Waals surface area contributed by atoms with Crippen LogP contribution in [-0.4, -0.2) is 14.5 Å². The van der Waals surface area contributed by atoms with Gasteiger partial charge in [0.15, 0.2) is 0 Å². The predicted molar refractivity (Wildman–Crippen MR) is 237 cm³/mol. The van der Waals surface area contributed by atoms with Crippen LogP contribution in [0.4, 0.5) is 34.1 Å². The van der Waals surface area contributed by atoms with Gasteiger partial charge in [0, 0.05) is 40.2 Å². The van der Waals surface area contributed by atoms with Gasteiger partial charge >= 0.3 is 0 Å². The zero-order chi connectivity index (χ0) is 38.0. The predicted octanol–water partition coefficient (Wildman–Crippen LogP) is 13.8. The van der Waals surface area contributed by atoms with Gasteiger partial charge < -0.3 is 14.4 Å². The van der Waals surface area contributed by atoms with Crippen molar-refractivity contribution in [1.82, 2.24) is 14.5 Å². The summed E-state index contributed by atoms with van der Waals surface area (Å²) < 4.78 is 2.36. The first-order valence-corrected chi connectivity index (χ1v) is 19.1. The first kappa shape index (κ1) is 33.8. The number of fused-ring (bicyclic) bond motifs is 2. The van der Waals surface area contributed by atoms with Crippen molar-refractivity contribution in [1.29, 1.82) is 0 Å². The fraction of sp³-hybridized carbons (Fsp3) is 0. The third kappa shape index (κ3) is 6.37. The summed E-state index contributed by atoms with van der Waals surface area (Å²) in [7, 11) is 0. The zero-order valence-electron chi connectivity index (χ0n) is 31.1. The van der Waals surface area contributed by atoms with Gasteiger partial charge in [-0.25, -0.2) is 0 Å². The molecule has 10 aromatic rings. The van der Waals surface area contributed by atoms with Crippen LogP contribution in [0.3, 0.4) is 0 Å². The number of benzene rings is 7. The van der Waals surface area contributed by atoms with Gasteiger partial charge in [-0.15, -0.1) is 0 Å². The molecule has 0 N–H and O–H groups in total. The van der Waals surface area contributed by atoms with Crippen molar-refractivity contribution in [3.8, 4) is 28.2 Å². The van der Waals surface area contributed by atoms with E-state index in [1.165, 1.54) is 21.5 Å². The molecule has 0 saturated heterocycles. The van der Waals surface area contributed by atoms with Crippen LogP contribution in [0.5, 0.6) is 0 Å². The molecule has 5 heteroatoms. The molecule has 0 unspecified atom stereocenters. The Morgan fingerprint density at radius 3 is 1.23 bits per heavy atom. The minimum atomic E-state index is 1.00. The van der Waals surface area contributed by atoms with Gasteiger partial charge in [-0.3, -0.25) is 9.97 Å². The Hall–Kier alpha value is -7.76. The van der Waals surface area contributed by atoms with Crippen LogP contribution in [0, 0.1) is 0 Å². The Bertz CT molecular complexity index is 2750. The van der Waals surface area contributed by atoms with Crippen molar-refractivity contribution in [2.24, 2.45) is 0 Å². The highest BCUT2D eigenvalue weighted by Crippen LogP contribution is 2.42. The number of nitrogens with zero attached hydrogens (tertiary/aromatic N) is 5. The quantitative estimate of drug-likeness (QED) is 0.148. The van der Waals surface area contributed by atoms with E-state index < -0.39 is 0 Å². The van der Waals surface area contributed by atoms with Gasteiger partial charge in [0.05, 0.1) is 46.5 Å². The molecule has 0 aliphatic rings. The Balaban J connectivity index is 1.05. The maximum atomic E-state index is 4.49. The molecule has 0 aliphatic carbocycles. The third-order valence-corrected chi connectivity index (χ3v) is 10.6. The first-order chi connectivity index (χ1) is 28.3. The van der Waals surface area contributed by atoms with Crippen LogP contribution in [0.1, 0.15) is 0 Å². The molecule has 3 heterocycles. The summed E-state index contributed by atoms with van der Waals surface area (Å²) in [6.45, 7) is 0. The lowest BCUT2D eigenvalue weighted by molar-refractivity contribution is 1.09. The molecule has 0 bridgehead atoms. The Kier molecular flexibility index (Phi) is 8.78. The summed E-state index contributed by atoms with van der Waals surface area (Å²) in [6.07, 6.45) is 7.48. The molecule has 0 aliphatic heterocycles. The van der Waals surface area contributed by atoms with Crippen molar-refractivity contribution in [2.75, 3.05) is 9.80 Å². The van der Waals surface area contributed by atoms with E-state index in [-0.39, 0.29) is 0 Å². The number of hydrogen-bond acceptors (Lipinski definition) is 4. The van der Waals surface area contributed by atoms with Crippen LogP contribution >= 0.6 is 0 Å². The van der Waals surface area contributed by atoms with Crippen molar-refractivity contribution in [2.45, 2.75) is 0 Å². The number of para-hydroxylation sites is 1. The molecule has 10 rings (SSSR count). The fourth-order valence-electron chi connectivity index (χ4n) is 7.94. The lowest BCUT2D eigenvalue weighted by Gasteiger charge is -2.27. The largest absolute Gasteiger partial charge is 0.309 e. The summed E-state index contributed by atoms with van der Waals surface area (Å²) in [6, 6.07) is 71.0. The summed E-state index contributed by atoms with van der Waals surface area (Å²) in [5, 5.41) is 4.75. The topological polar surface area (TPSA) is 37.2 Å². The van der Waals surface area contributed by atoms with E-state index in [1.54, 1.807) is 0 Å². The van der Waals surface area contributed by atoms with Gasteiger partial charge in [-0.05, 0) is 107 Å². The van der Waals surface area contributed by atoms with E-state index in [9.17, 15) is 0 Å². The number of aromatic nitrogens is 3. The minimum Gasteiger partial charge on any atom is -0.309 e. The highest BCUT2D eigenvalue weighted by molar-refractivity contribution is 6.00. The molecule has 57 heavy (non-hydrogen) atoms. The number of pyridine rings is 2. The van der Waals surface area contributed by atoms with Crippen molar-refractivity contribution < 1.29 is 0 Å². The van der Waals surface area contributed by atoms with Crippen LogP contribution < -0.4 is 9.80 Å². The Morgan fingerprint density at radius 2 is 0.772 bits per heavy atom. The second-order valence-corrected chi connectivity index (χ2v) is 14.0. The van der Waals surface area contributed by atoms with Gasteiger partial charge in [0.25, 0.3) is 0 Å². The summed E-state index contributed by atoms with van der Waals surface area (Å²) in [5.74, 6) is 0. The maximum absolute atomic E-state index is 4.49. The van der Waals surface area contributed by atoms with Crippen LogP contribution in [-0.2, 0) is 0 Å². The normalized spacial score (nSPS) is 11.2. The summed E-state index contributed by atoms with van der Waals surface area (Å²) in [5.41, 5.74) is 11.9. The third-order valence-electron chi connectivity index (χ3n) is 10.6. The van der Waals surface area contributed by atoms with Gasteiger partial charge in [-0.1, -0.05) is 115 Å². The monoisotopic (exact) mass is 731 g/mol. The zero-order valence-corrected chi connectivity index (χ0v) is 31.1. The molecule has 0 amide bonds. The van der Waals surface area contributed by atoms with E-state index in [2.05, 4.69) is 212 Å². The molecular weight excluding hydrogens is 695 g/mol. The van der Waals surface area contributed by atoms with Gasteiger partial charge in [-0.2, -0.15) is 0 Å². The molecule has 3 aromatic heterocycles. The molecule has 270 valence electrons. The molecule has 0 fully saturated rings. The lowest BCUT2D eigenvalue weighted by Crippen LogP contribution is -2.10. The lowest BCUT2D eigenvalue weighted by atomic mass is 10.1. The minimum absolute atomic E-state index is 1.00. The van der Waals surface area contributed by atoms with Crippen molar-refractivity contribution in [3.63, 3.8) is 0 Å². The van der Waals surface area contributed by atoms with Crippen LogP contribution in [0.25, 0.3) is 49.7 Å². The fourth-order valence-corrected chi connectivity index (χ4v) is 7.94. The molecule has 0 atom stereocenters. The molecule has 5 nitrogen and oxygen atoms in total. The number of anilines is 6. The highest BCUT2D eigenvalue weighted by atomic mass is 15.2. The first-order valence-electron chi connectivity index (χ1n) is 19.1. The number of rotatable bonds is 9. The van der Waals surface area contributed by atoms with E-state index in [4.69, 9.17) is 0 Å². The van der Waals surface area contributed by atoms with E-state index in [0.29, 0.717) is 0 Å². The summed E-state index contributed by atoms with van der Waals surface area (Å²) >= 11 is 0. The smallest absolute Gasteiger partial charge is 0.0645 e. The second-order valence-electron chi connectivity index (χ2n) is 14.0. The second kappa shape index (κ2) is 14.8. The van der Waals surface area contributed by atoms with Crippen molar-refractivity contribution in [3.05, 3.63) is 225 Å². The van der Waals surface area contributed by atoms with Crippen molar-refractivity contribution >= 4 is 55.7 Å². The van der Waals surface area contributed by atoms with E-state index in [0.717, 1.165) is 62.3 Å². The van der Waals surface area contributed by atoms with Crippen LogP contribution in [0.15, 0.2) is 225 Å².